The Balaban J connectivity index is 1.51. The lowest BCUT2D eigenvalue weighted by Crippen LogP contribution is -2.17. The van der Waals surface area contributed by atoms with E-state index in [2.05, 4.69) is 128 Å². The zero-order valence-electron chi connectivity index (χ0n) is 23.9. The Hall–Kier alpha value is -5.15. The third-order valence-corrected chi connectivity index (χ3v) is 8.34. The molecule has 42 heavy (non-hydrogen) atoms. The fourth-order valence-corrected chi connectivity index (χ4v) is 6.57. The van der Waals surface area contributed by atoms with E-state index < -0.39 is 0 Å². The van der Waals surface area contributed by atoms with Crippen LogP contribution in [0.25, 0.3) is 71.8 Å². The fraction of sp³-hybridized carbons (Fsp3) is 0.103. The first-order valence-electron chi connectivity index (χ1n) is 14.5. The van der Waals surface area contributed by atoms with Crippen molar-refractivity contribution in [2.45, 2.75) is 26.2 Å². The lowest BCUT2D eigenvalue weighted by Gasteiger charge is -2.28. The second kappa shape index (κ2) is 9.19. The molecule has 3 nitrogen and oxygen atoms in total. The van der Waals surface area contributed by atoms with E-state index in [1.807, 2.05) is 24.4 Å². The Labute approximate surface area is 244 Å². The van der Waals surface area contributed by atoms with Gasteiger partial charge < -0.3 is 8.98 Å². The van der Waals surface area contributed by atoms with Crippen LogP contribution < -0.4 is 0 Å². The van der Waals surface area contributed by atoms with Crippen LogP contribution in [-0.2, 0) is 5.41 Å². The third kappa shape index (κ3) is 3.77. The van der Waals surface area contributed by atoms with Gasteiger partial charge in [0, 0.05) is 33.3 Å². The molecule has 0 fully saturated rings. The van der Waals surface area contributed by atoms with E-state index in [0.717, 1.165) is 44.3 Å². The van der Waals surface area contributed by atoms with Crippen molar-refractivity contribution in [3.8, 4) is 28.1 Å². The Bertz CT molecular complexity index is 2230. The predicted octanol–water partition coefficient (Wildman–Crippen LogP) is 10.7. The van der Waals surface area contributed by atoms with Crippen molar-refractivity contribution in [2.24, 2.45) is 0 Å². The summed E-state index contributed by atoms with van der Waals surface area (Å²) < 4.78 is 8.62. The summed E-state index contributed by atoms with van der Waals surface area (Å²) in [5.74, 6) is 0. The molecule has 0 bridgehead atoms. The lowest BCUT2D eigenvalue weighted by molar-refractivity contribution is 0.589. The number of hydrogen-bond donors (Lipinski definition) is 0. The van der Waals surface area contributed by atoms with Gasteiger partial charge in [0.2, 0.25) is 0 Å². The smallest absolute Gasteiger partial charge is 0.135 e. The van der Waals surface area contributed by atoms with Crippen LogP contribution >= 0.6 is 0 Å². The summed E-state index contributed by atoms with van der Waals surface area (Å²) in [6, 6.07) is 43.1. The van der Waals surface area contributed by atoms with E-state index in [9.17, 15) is 0 Å². The first kappa shape index (κ1) is 24.6. The number of hydrogen-bond acceptors (Lipinski definition) is 2. The fourth-order valence-electron chi connectivity index (χ4n) is 6.57. The Morgan fingerprint density at radius 2 is 1.21 bits per heavy atom. The van der Waals surface area contributed by atoms with Gasteiger partial charge >= 0.3 is 0 Å². The van der Waals surface area contributed by atoms with Gasteiger partial charge in [0.1, 0.15) is 11.2 Å². The summed E-state index contributed by atoms with van der Waals surface area (Å²) in [5, 5.41) is 4.77. The number of fused-ring (bicyclic) bond motifs is 6. The lowest BCUT2D eigenvalue weighted by atomic mass is 9.80. The molecule has 0 atom stereocenters. The van der Waals surface area contributed by atoms with E-state index in [4.69, 9.17) is 9.40 Å². The standard InChI is InChI=1S/C39H30N2O/c1-39(2,3)38-31(32-15-10-11-21-40-32)23-26(25-19-20-37-30(22-25)29-14-6-9-18-36(29)42-37)24-35(38)41-33-16-7-4-12-27(33)28-13-5-8-17-34(28)41/h4-24H,1-3H3. The van der Waals surface area contributed by atoms with Crippen molar-refractivity contribution in [2.75, 3.05) is 0 Å². The van der Waals surface area contributed by atoms with Crippen LogP contribution in [0.15, 0.2) is 132 Å². The molecule has 0 aliphatic heterocycles. The number of rotatable bonds is 3. The molecular formula is C39H30N2O. The van der Waals surface area contributed by atoms with Crippen molar-refractivity contribution in [3.05, 3.63) is 133 Å². The van der Waals surface area contributed by atoms with Crippen molar-refractivity contribution < 1.29 is 4.42 Å². The number of benzene rings is 5. The van der Waals surface area contributed by atoms with E-state index in [1.165, 1.54) is 33.1 Å². The molecule has 5 aromatic carbocycles. The summed E-state index contributed by atoms with van der Waals surface area (Å²) >= 11 is 0. The summed E-state index contributed by atoms with van der Waals surface area (Å²) in [6.07, 6.45) is 1.89. The maximum atomic E-state index is 6.17. The monoisotopic (exact) mass is 542 g/mol. The number of furan rings is 1. The molecule has 8 rings (SSSR count). The molecule has 0 saturated heterocycles. The first-order valence-corrected chi connectivity index (χ1v) is 14.5. The maximum absolute atomic E-state index is 6.17. The van der Waals surface area contributed by atoms with Crippen LogP contribution in [0.5, 0.6) is 0 Å². The van der Waals surface area contributed by atoms with Crippen molar-refractivity contribution in [3.63, 3.8) is 0 Å². The topological polar surface area (TPSA) is 31.0 Å². The van der Waals surface area contributed by atoms with Crippen molar-refractivity contribution in [1.29, 1.82) is 0 Å². The van der Waals surface area contributed by atoms with E-state index in [-0.39, 0.29) is 5.41 Å². The maximum Gasteiger partial charge on any atom is 0.135 e. The molecule has 3 aromatic heterocycles. The Kier molecular flexibility index (Phi) is 5.39. The predicted molar refractivity (Wildman–Crippen MR) is 175 cm³/mol. The van der Waals surface area contributed by atoms with Gasteiger partial charge in [-0.15, -0.1) is 0 Å². The van der Waals surface area contributed by atoms with Crippen LogP contribution in [0.2, 0.25) is 0 Å². The van der Waals surface area contributed by atoms with Crippen LogP contribution in [0.1, 0.15) is 26.3 Å². The van der Waals surface area contributed by atoms with Gasteiger partial charge in [0.15, 0.2) is 0 Å². The zero-order chi connectivity index (χ0) is 28.4. The number of aromatic nitrogens is 2. The number of para-hydroxylation sites is 3. The third-order valence-electron chi connectivity index (χ3n) is 8.34. The summed E-state index contributed by atoms with van der Waals surface area (Å²) in [4.78, 5) is 4.86. The van der Waals surface area contributed by atoms with Gasteiger partial charge in [-0.25, -0.2) is 0 Å². The molecule has 0 spiro atoms. The van der Waals surface area contributed by atoms with Crippen LogP contribution in [0.3, 0.4) is 0 Å². The van der Waals surface area contributed by atoms with Crippen molar-refractivity contribution >= 4 is 43.7 Å². The molecule has 3 heteroatoms. The SMILES string of the molecule is CC(C)(C)c1c(-c2ccccn2)cc(-c2ccc3oc4ccccc4c3c2)cc1-n1c2ccccc2c2ccccc21. The Morgan fingerprint density at radius 1 is 0.571 bits per heavy atom. The van der Waals surface area contributed by atoms with Gasteiger partial charge in [-0.2, -0.15) is 0 Å². The average molecular weight is 543 g/mol. The highest BCUT2D eigenvalue weighted by molar-refractivity contribution is 6.10. The van der Waals surface area contributed by atoms with Crippen LogP contribution in [0.4, 0.5) is 0 Å². The van der Waals surface area contributed by atoms with Gasteiger partial charge in [-0.3, -0.25) is 4.98 Å². The zero-order valence-corrected chi connectivity index (χ0v) is 23.9. The molecule has 0 unspecified atom stereocenters. The molecule has 0 saturated carbocycles. The van der Waals surface area contributed by atoms with E-state index in [1.54, 1.807) is 0 Å². The van der Waals surface area contributed by atoms with Crippen LogP contribution in [0, 0.1) is 0 Å². The molecule has 3 heterocycles. The number of nitrogens with zero attached hydrogens (tertiary/aromatic N) is 2. The quantitative estimate of drug-likeness (QED) is 0.222. The molecule has 0 N–H and O–H groups in total. The molecule has 0 aliphatic carbocycles. The first-order chi connectivity index (χ1) is 20.5. The summed E-state index contributed by atoms with van der Waals surface area (Å²) in [6.45, 7) is 6.90. The van der Waals surface area contributed by atoms with E-state index in [0.29, 0.717) is 0 Å². The molecule has 202 valence electrons. The molecule has 0 amide bonds. The molecular weight excluding hydrogens is 512 g/mol. The highest BCUT2D eigenvalue weighted by Gasteiger charge is 2.27. The molecule has 0 radical (unpaired) electrons. The van der Waals surface area contributed by atoms with Crippen LogP contribution in [-0.4, -0.2) is 9.55 Å². The van der Waals surface area contributed by atoms with Gasteiger partial charge in [-0.05, 0) is 76.7 Å². The van der Waals surface area contributed by atoms with Gasteiger partial charge in [0.25, 0.3) is 0 Å². The largest absolute Gasteiger partial charge is 0.456 e. The highest BCUT2D eigenvalue weighted by atomic mass is 16.3. The number of pyridine rings is 1. The average Bonchev–Trinajstić information content (AvgIpc) is 3.56. The highest BCUT2D eigenvalue weighted by Crippen LogP contribution is 2.44. The second-order valence-corrected chi connectivity index (χ2v) is 12.1. The summed E-state index contributed by atoms with van der Waals surface area (Å²) in [5.41, 5.74) is 10.9. The normalized spacial score (nSPS) is 12.2. The second-order valence-electron chi connectivity index (χ2n) is 12.1. The minimum Gasteiger partial charge on any atom is -0.456 e. The van der Waals surface area contributed by atoms with E-state index >= 15 is 0 Å². The molecule has 8 aromatic rings. The minimum absolute atomic E-state index is 0.155. The van der Waals surface area contributed by atoms with Gasteiger partial charge in [0.05, 0.1) is 22.4 Å². The Morgan fingerprint density at radius 3 is 1.90 bits per heavy atom. The van der Waals surface area contributed by atoms with Crippen molar-refractivity contribution in [1.82, 2.24) is 9.55 Å². The van der Waals surface area contributed by atoms with Gasteiger partial charge in [-0.1, -0.05) is 87.5 Å². The summed E-state index contributed by atoms with van der Waals surface area (Å²) in [7, 11) is 0. The molecule has 0 aliphatic rings. The minimum atomic E-state index is -0.155.